The number of para-hydroxylation sites is 2. The average Bonchev–Trinajstić information content (AvgIpc) is 3.55. The lowest BCUT2D eigenvalue weighted by Gasteiger charge is -2.41. The van der Waals surface area contributed by atoms with Gasteiger partial charge in [0.1, 0.15) is 11.5 Å². The maximum Gasteiger partial charge on any atom is 0.264 e. The fourth-order valence-electron chi connectivity index (χ4n) is 5.92. The Morgan fingerprint density at radius 3 is 2.20 bits per heavy atom. The first-order valence-corrected chi connectivity index (χ1v) is 16.2. The molecule has 6 rings (SSSR count). The van der Waals surface area contributed by atoms with Gasteiger partial charge in [0.05, 0.1) is 4.88 Å². The van der Waals surface area contributed by atoms with E-state index in [9.17, 15) is 9.59 Å². The van der Waals surface area contributed by atoms with Gasteiger partial charge in [-0.25, -0.2) is 0 Å². The summed E-state index contributed by atoms with van der Waals surface area (Å²) >= 11 is 1.48. The Bertz CT molecular complexity index is 1740. The van der Waals surface area contributed by atoms with Gasteiger partial charge in [-0.3, -0.25) is 14.5 Å². The molecule has 4 aromatic carbocycles. The number of carbonyl (C=O) groups is 2. The molecular weight excluding hydrogens is 579 g/mol. The molecule has 1 fully saturated rings. The molecule has 228 valence electrons. The molecule has 0 radical (unpaired) electrons. The van der Waals surface area contributed by atoms with Crippen molar-refractivity contribution in [3.05, 3.63) is 142 Å². The fraction of sp³-hybridized carbons (Fsp3) is 0.211. The summed E-state index contributed by atoms with van der Waals surface area (Å²) in [5, 5.41) is 4.85. The highest BCUT2D eigenvalue weighted by Crippen LogP contribution is 2.39. The number of carbonyl (C=O) groups excluding carboxylic acids is 2. The number of benzene rings is 4. The summed E-state index contributed by atoms with van der Waals surface area (Å²) in [6.07, 6.45) is 0.795. The van der Waals surface area contributed by atoms with Crippen LogP contribution in [0.2, 0.25) is 0 Å². The monoisotopic (exact) mass is 615 g/mol. The molecule has 1 N–H and O–H groups in total. The zero-order valence-corrected chi connectivity index (χ0v) is 26.2. The highest BCUT2D eigenvalue weighted by atomic mass is 32.1. The first-order chi connectivity index (χ1) is 22.0. The third kappa shape index (κ3) is 7.51. The minimum Gasteiger partial charge on any atom is -0.456 e. The molecule has 1 aliphatic rings. The standard InChI is InChI=1S/C38H37N3O3S/c1-28(42)39-25-31-16-8-10-18-35(31)44-36-19-11-9-17-33(36)34-20-23-45-37(34)38(43)41-22-21-40(26-30-14-6-3-7-15-30)27-32(41)24-29-12-4-2-5-13-29/h2-20,23,32H,21-22,24-27H2,1H3,(H,39,42)/t32-/m1/s1. The van der Waals surface area contributed by atoms with Crippen LogP contribution >= 0.6 is 11.3 Å². The van der Waals surface area contributed by atoms with Crippen LogP contribution in [0.4, 0.5) is 0 Å². The van der Waals surface area contributed by atoms with Crippen molar-refractivity contribution in [3.8, 4) is 22.6 Å². The highest BCUT2D eigenvalue weighted by molar-refractivity contribution is 7.12. The van der Waals surface area contributed by atoms with Crippen LogP contribution in [0.5, 0.6) is 11.5 Å². The largest absolute Gasteiger partial charge is 0.456 e. The van der Waals surface area contributed by atoms with Crippen molar-refractivity contribution in [1.82, 2.24) is 15.1 Å². The van der Waals surface area contributed by atoms with Crippen LogP contribution in [0.1, 0.15) is 33.3 Å². The predicted molar refractivity (Wildman–Crippen MR) is 180 cm³/mol. The van der Waals surface area contributed by atoms with Crippen molar-refractivity contribution in [2.24, 2.45) is 0 Å². The number of rotatable bonds is 10. The van der Waals surface area contributed by atoms with Crippen LogP contribution in [0.3, 0.4) is 0 Å². The lowest BCUT2D eigenvalue weighted by atomic mass is 10.00. The van der Waals surface area contributed by atoms with Crippen molar-refractivity contribution < 1.29 is 14.3 Å². The number of amides is 2. The molecule has 2 heterocycles. The van der Waals surface area contributed by atoms with Crippen LogP contribution < -0.4 is 10.1 Å². The molecule has 1 aliphatic heterocycles. The third-order valence-electron chi connectivity index (χ3n) is 8.15. The SMILES string of the molecule is CC(=O)NCc1ccccc1Oc1ccccc1-c1ccsc1C(=O)N1CCN(Cc2ccccc2)C[C@H]1Cc1ccccc1. The van der Waals surface area contributed by atoms with Crippen molar-refractivity contribution in [1.29, 1.82) is 0 Å². The summed E-state index contributed by atoms with van der Waals surface area (Å²) in [4.78, 5) is 31.3. The second kappa shape index (κ2) is 14.4. The highest BCUT2D eigenvalue weighted by Gasteiger charge is 2.33. The van der Waals surface area contributed by atoms with Crippen LogP contribution in [-0.2, 0) is 24.3 Å². The van der Waals surface area contributed by atoms with Gasteiger partial charge in [0.25, 0.3) is 5.91 Å². The molecule has 45 heavy (non-hydrogen) atoms. The van der Waals surface area contributed by atoms with Gasteiger partial charge in [0.2, 0.25) is 5.91 Å². The molecule has 1 saturated heterocycles. The molecule has 1 aromatic heterocycles. The van der Waals surface area contributed by atoms with Crippen molar-refractivity contribution in [2.75, 3.05) is 19.6 Å². The zero-order chi connectivity index (χ0) is 31.0. The minimum absolute atomic E-state index is 0.0412. The van der Waals surface area contributed by atoms with Gasteiger partial charge in [-0.2, -0.15) is 0 Å². The van der Waals surface area contributed by atoms with Crippen molar-refractivity contribution in [3.63, 3.8) is 0 Å². The molecule has 0 aliphatic carbocycles. The molecule has 2 amide bonds. The molecule has 0 spiro atoms. The van der Waals surface area contributed by atoms with Gasteiger partial charge in [-0.1, -0.05) is 97.1 Å². The minimum atomic E-state index is -0.0990. The summed E-state index contributed by atoms with van der Waals surface area (Å²) in [6.45, 7) is 5.02. The summed E-state index contributed by atoms with van der Waals surface area (Å²) < 4.78 is 6.47. The van der Waals surface area contributed by atoms with Crippen LogP contribution in [0.25, 0.3) is 11.1 Å². The fourth-order valence-corrected chi connectivity index (χ4v) is 6.78. The maximum absolute atomic E-state index is 14.4. The summed E-state index contributed by atoms with van der Waals surface area (Å²) in [5.74, 6) is 1.28. The molecular formula is C38H37N3O3S. The lowest BCUT2D eigenvalue weighted by Crippen LogP contribution is -2.55. The van der Waals surface area contributed by atoms with E-state index in [-0.39, 0.29) is 17.9 Å². The summed E-state index contributed by atoms with van der Waals surface area (Å²) in [6, 6.07) is 38.6. The Balaban J connectivity index is 1.26. The van der Waals surface area contributed by atoms with E-state index in [1.165, 1.54) is 29.4 Å². The molecule has 0 unspecified atom stereocenters. The lowest BCUT2D eigenvalue weighted by molar-refractivity contribution is -0.119. The van der Waals surface area contributed by atoms with E-state index in [1.54, 1.807) is 0 Å². The summed E-state index contributed by atoms with van der Waals surface area (Å²) in [7, 11) is 0. The van der Waals surface area contributed by atoms with Crippen LogP contribution in [-0.4, -0.2) is 47.3 Å². The van der Waals surface area contributed by atoms with Gasteiger partial charge in [0, 0.05) is 62.4 Å². The van der Waals surface area contributed by atoms with E-state index in [0.717, 1.165) is 42.7 Å². The van der Waals surface area contributed by atoms with E-state index in [2.05, 4.69) is 63.6 Å². The second-order valence-corrected chi connectivity index (χ2v) is 12.3. The van der Waals surface area contributed by atoms with Crippen molar-refractivity contribution in [2.45, 2.75) is 32.5 Å². The molecule has 0 saturated carbocycles. The van der Waals surface area contributed by atoms with Gasteiger partial charge in [-0.15, -0.1) is 11.3 Å². The first kappa shape index (κ1) is 30.3. The van der Waals surface area contributed by atoms with Gasteiger partial charge in [0.15, 0.2) is 0 Å². The Kier molecular flexibility index (Phi) is 9.68. The van der Waals surface area contributed by atoms with E-state index < -0.39 is 0 Å². The number of ether oxygens (including phenoxy) is 1. The van der Waals surface area contributed by atoms with Crippen LogP contribution in [0.15, 0.2) is 121 Å². The normalized spacial score (nSPS) is 15.0. The number of nitrogens with zero attached hydrogens (tertiary/aromatic N) is 2. The van der Waals surface area contributed by atoms with Crippen LogP contribution in [0, 0.1) is 0 Å². The number of hydrogen-bond donors (Lipinski definition) is 1. The van der Waals surface area contributed by atoms with E-state index in [4.69, 9.17) is 4.74 Å². The number of hydrogen-bond acceptors (Lipinski definition) is 5. The molecule has 6 nitrogen and oxygen atoms in total. The molecule has 5 aromatic rings. The predicted octanol–water partition coefficient (Wildman–Crippen LogP) is 7.41. The molecule has 1 atom stereocenters. The number of nitrogens with one attached hydrogen (secondary N) is 1. The molecule has 0 bridgehead atoms. The third-order valence-corrected chi connectivity index (χ3v) is 9.05. The number of thiophene rings is 1. The van der Waals surface area contributed by atoms with Gasteiger partial charge in [-0.05, 0) is 41.1 Å². The Morgan fingerprint density at radius 2 is 1.44 bits per heavy atom. The molecule has 7 heteroatoms. The first-order valence-electron chi connectivity index (χ1n) is 15.3. The Hall–Kier alpha value is -4.72. The van der Waals surface area contributed by atoms with Gasteiger partial charge < -0.3 is 15.0 Å². The maximum atomic E-state index is 14.4. The average molecular weight is 616 g/mol. The summed E-state index contributed by atoms with van der Waals surface area (Å²) in [5.41, 5.74) is 5.11. The van der Waals surface area contributed by atoms with E-state index in [0.29, 0.717) is 29.5 Å². The Morgan fingerprint density at radius 1 is 0.778 bits per heavy atom. The second-order valence-electron chi connectivity index (χ2n) is 11.3. The number of piperazine rings is 1. The quantitative estimate of drug-likeness (QED) is 0.178. The van der Waals surface area contributed by atoms with E-state index in [1.807, 2.05) is 72.1 Å². The zero-order valence-electron chi connectivity index (χ0n) is 25.4. The topological polar surface area (TPSA) is 61.9 Å². The van der Waals surface area contributed by atoms with E-state index >= 15 is 0 Å². The smallest absolute Gasteiger partial charge is 0.264 e. The van der Waals surface area contributed by atoms with Crippen molar-refractivity contribution >= 4 is 23.2 Å². The van der Waals surface area contributed by atoms with Gasteiger partial charge >= 0.3 is 0 Å². The Labute approximate surface area is 268 Å².